The van der Waals surface area contributed by atoms with Crippen molar-refractivity contribution in [3.8, 4) is 0 Å². The predicted octanol–water partition coefficient (Wildman–Crippen LogP) is 7.49. The third-order valence-electron chi connectivity index (χ3n) is 10.3. The number of sulfonamides is 1. The van der Waals surface area contributed by atoms with Gasteiger partial charge in [-0.15, -0.1) is 0 Å². The monoisotopic (exact) mass is 699 g/mol. The number of halogens is 2. The highest BCUT2D eigenvalue weighted by Gasteiger charge is 2.38. The number of rotatable bonds is 13. The Labute approximate surface area is 290 Å². The van der Waals surface area contributed by atoms with E-state index >= 15 is 0 Å². The zero-order valence-corrected chi connectivity index (χ0v) is 30.0. The van der Waals surface area contributed by atoms with Gasteiger partial charge >= 0.3 is 0 Å². The first-order valence-corrected chi connectivity index (χ1v) is 18.8. The molecule has 3 aromatic carbocycles. The average molecular weight is 701 g/mol. The lowest BCUT2D eigenvalue weighted by molar-refractivity contribution is -0.135. The zero-order chi connectivity index (χ0) is 33.6. The van der Waals surface area contributed by atoms with E-state index in [-0.39, 0.29) is 39.6 Å². The van der Waals surface area contributed by atoms with Crippen LogP contribution in [-0.2, 0) is 32.4 Å². The normalized spacial score (nSPS) is 21.4. The van der Waals surface area contributed by atoms with Crippen LogP contribution in [0.3, 0.4) is 0 Å². The van der Waals surface area contributed by atoms with Crippen molar-refractivity contribution in [1.29, 1.82) is 0 Å². The van der Waals surface area contributed by atoms with Gasteiger partial charge in [0.15, 0.2) is 0 Å². The minimum Gasteiger partial charge on any atom is -0.369 e. The largest absolute Gasteiger partial charge is 0.369 e. The lowest BCUT2D eigenvalue weighted by Gasteiger charge is -2.45. The fraction of sp³-hybridized carbons (Fsp3) is 0.486. The summed E-state index contributed by atoms with van der Waals surface area (Å²) < 4.78 is 35.2. The molecule has 1 aliphatic heterocycles. The van der Waals surface area contributed by atoms with Crippen molar-refractivity contribution in [3.63, 3.8) is 0 Å². The van der Waals surface area contributed by atoms with E-state index in [1.54, 1.807) is 4.90 Å². The number of amides is 1. The van der Waals surface area contributed by atoms with Crippen LogP contribution in [0.4, 0.5) is 5.69 Å². The fourth-order valence-electron chi connectivity index (χ4n) is 7.14. The van der Waals surface area contributed by atoms with Crippen LogP contribution in [0.25, 0.3) is 0 Å². The molecule has 0 aromatic heterocycles. The average Bonchev–Trinajstić information content (AvgIpc) is 3.07. The summed E-state index contributed by atoms with van der Waals surface area (Å²) >= 11 is 12.3. The van der Waals surface area contributed by atoms with E-state index in [0.29, 0.717) is 31.0 Å². The Morgan fingerprint density at radius 2 is 1.64 bits per heavy atom. The van der Waals surface area contributed by atoms with Crippen LogP contribution in [-0.4, -0.2) is 76.6 Å². The molecule has 254 valence electrons. The molecule has 1 heterocycles. The van der Waals surface area contributed by atoms with Crippen molar-refractivity contribution in [2.45, 2.75) is 74.3 Å². The Balaban J connectivity index is 1.12. The SMILES string of the molecule is CN(CCC1CCC(CCc2ccccc2)(N(C)C)CC1)C(=O)COCC1CCc2ccccc2N1S(=O)(=O)c1ccc(Cl)c(Cl)c1. The van der Waals surface area contributed by atoms with Gasteiger partial charge in [0, 0.05) is 19.1 Å². The predicted molar refractivity (Wildman–Crippen MR) is 191 cm³/mol. The molecular formula is C37H47Cl2N3O4S. The molecule has 0 radical (unpaired) electrons. The zero-order valence-electron chi connectivity index (χ0n) is 27.7. The van der Waals surface area contributed by atoms with Gasteiger partial charge in [0.05, 0.1) is 33.3 Å². The van der Waals surface area contributed by atoms with Crippen molar-refractivity contribution in [3.05, 3.63) is 94.0 Å². The number of hydrogen-bond acceptors (Lipinski definition) is 5. The molecule has 0 saturated heterocycles. The standard InChI is InChI=1S/C37H47Cl2N3O4S/c1-40(2)37(21-17-28-9-5-4-6-10-28)22-18-29(19-23-37)20-24-41(3)36(43)27-46-26-31-14-13-30-11-7-8-12-35(30)42(31)47(44,45)32-15-16-33(38)34(39)25-32/h4-12,15-16,25,29,31H,13-14,17-24,26-27H2,1-3H3. The Kier molecular flexibility index (Phi) is 11.9. The molecule has 10 heteroatoms. The molecule has 2 aliphatic rings. The summed E-state index contributed by atoms with van der Waals surface area (Å²) in [6.45, 7) is 0.691. The Morgan fingerprint density at radius 1 is 0.936 bits per heavy atom. The number of para-hydroxylation sites is 1. The molecule has 1 fully saturated rings. The number of aryl methyl sites for hydroxylation is 2. The first kappa shape index (κ1) is 35.7. The van der Waals surface area contributed by atoms with Crippen LogP contribution >= 0.6 is 23.2 Å². The van der Waals surface area contributed by atoms with Crippen LogP contribution < -0.4 is 4.31 Å². The number of carbonyl (C=O) groups is 1. The summed E-state index contributed by atoms with van der Waals surface area (Å²) in [4.78, 5) is 17.3. The van der Waals surface area contributed by atoms with Gasteiger partial charge in [-0.1, -0.05) is 71.7 Å². The number of benzene rings is 3. The minimum absolute atomic E-state index is 0.0612. The third-order valence-corrected chi connectivity index (χ3v) is 12.9. The summed E-state index contributed by atoms with van der Waals surface area (Å²) in [5.41, 5.74) is 3.19. The summed E-state index contributed by atoms with van der Waals surface area (Å²) in [5, 5.41) is 0.462. The second-order valence-corrected chi connectivity index (χ2v) is 16.0. The quantitative estimate of drug-likeness (QED) is 0.185. The highest BCUT2D eigenvalue weighted by atomic mass is 35.5. The van der Waals surface area contributed by atoms with Gasteiger partial charge in [-0.05, 0) is 113 Å². The van der Waals surface area contributed by atoms with Crippen molar-refractivity contribution < 1.29 is 17.9 Å². The van der Waals surface area contributed by atoms with Crippen molar-refractivity contribution >= 4 is 44.8 Å². The second kappa shape index (κ2) is 15.7. The van der Waals surface area contributed by atoms with Gasteiger partial charge in [-0.3, -0.25) is 9.10 Å². The highest BCUT2D eigenvalue weighted by molar-refractivity contribution is 7.92. The summed E-state index contributed by atoms with van der Waals surface area (Å²) in [5.74, 6) is 0.500. The minimum atomic E-state index is -3.97. The molecule has 0 N–H and O–H groups in total. The van der Waals surface area contributed by atoms with Gasteiger partial charge in [0.25, 0.3) is 10.0 Å². The Hall–Kier alpha value is -2.62. The smallest absolute Gasteiger partial charge is 0.264 e. The van der Waals surface area contributed by atoms with E-state index in [4.69, 9.17) is 27.9 Å². The van der Waals surface area contributed by atoms with E-state index in [0.717, 1.165) is 37.7 Å². The number of fused-ring (bicyclic) bond motifs is 1. The van der Waals surface area contributed by atoms with Crippen LogP contribution in [0.1, 0.15) is 56.1 Å². The van der Waals surface area contributed by atoms with E-state index in [9.17, 15) is 13.2 Å². The molecule has 1 aliphatic carbocycles. The second-order valence-electron chi connectivity index (χ2n) is 13.4. The van der Waals surface area contributed by atoms with Crippen LogP contribution in [0.5, 0.6) is 0 Å². The molecule has 3 aromatic rings. The molecule has 7 nitrogen and oxygen atoms in total. The van der Waals surface area contributed by atoms with E-state index in [2.05, 4.69) is 49.3 Å². The molecule has 0 bridgehead atoms. The number of ether oxygens (including phenoxy) is 1. The molecule has 1 atom stereocenters. The van der Waals surface area contributed by atoms with Crippen LogP contribution in [0, 0.1) is 5.92 Å². The number of carbonyl (C=O) groups excluding carboxylic acids is 1. The van der Waals surface area contributed by atoms with Crippen molar-refractivity contribution in [1.82, 2.24) is 9.80 Å². The molecule has 1 unspecified atom stereocenters. The number of hydrogen-bond donors (Lipinski definition) is 0. The maximum absolute atomic E-state index is 13.9. The summed E-state index contributed by atoms with van der Waals surface area (Å²) in [6.07, 6.45) is 9.18. The summed E-state index contributed by atoms with van der Waals surface area (Å²) in [6, 6.07) is 22.1. The number of nitrogens with zero attached hydrogens (tertiary/aromatic N) is 3. The van der Waals surface area contributed by atoms with E-state index in [1.807, 2.05) is 31.3 Å². The molecule has 1 amide bonds. The maximum Gasteiger partial charge on any atom is 0.264 e. The first-order valence-electron chi connectivity index (χ1n) is 16.6. The van der Waals surface area contributed by atoms with Crippen LogP contribution in [0.2, 0.25) is 10.0 Å². The van der Waals surface area contributed by atoms with Crippen LogP contribution in [0.15, 0.2) is 77.7 Å². The molecule has 0 spiro atoms. The molecule has 5 rings (SSSR count). The van der Waals surface area contributed by atoms with Gasteiger partial charge in [-0.2, -0.15) is 0 Å². The summed E-state index contributed by atoms with van der Waals surface area (Å²) in [7, 11) is 2.29. The molecular weight excluding hydrogens is 653 g/mol. The highest BCUT2D eigenvalue weighted by Crippen LogP contribution is 2.40. The maximum atomic E-state index is 13.9. The lowest BCUT2D eigenvalue weighted by Crippen LogP contribution is -2.47. The number of likely N-dealkylation sites (N-methyl/N-ethyl adjacent to an activating group) is 1. The third kappa shape index (κ3) is 8.52. The Bertz CT molecular complexity index is 1610. The fourth-order valence-corrected chi connectivity index (χ4v) is 9.23. The molecule has 47 heavy (non-hydrogen) atoms. The molecule has 1 saturated carbocycles. The lowest BCUT2D eigenvalue weighted by atomic mass is 9.72. The van der Waals surface area contributed by atoms with Crippen molar-refractivity contribution in [2.75, 3.05) is 45.2 Å². The van der Waals surface area contributed by atoms with Crippen molar-refractivity contribution in [2.24, 2.45) is 5.92 Å². The number of anilines is 1. The first-order chi connectivity index (χ1) is 22.5. The van der Waals surface area contributed by atoms with Gasteiger partial charge < -0.3 is 14.5 Å². The van der Waals surface area contributed by atoms with Gasteiger partial charge in [0.1, 0.15) is 6.61 Å². The van der Waals surface area contributed by atoms with E-state index in [1.165, 1.54) is 40.9 Å². The Morgan fingerprint density at radius 3 is 2.34 bits per heavy atom. The van der Waals surface area contributed by atoms with Gasteiger partial charge in [-0.25, -0.2) is 8.42 Å². The van der Waals surface area contributed by atoms with Gasteiger partial charge in [0.2, 0.25) is 5.91 Å². The van der Waals surface area contributed by atoms with E-state index < -0.39 is 16.1 Å². The topological polar surface area (TPSA) is 70.2 Å².